The number of rotatable bonds is 1. The number of amides is 2. The first-order valence-corrected chi connectivity index (χ1v) is 7.91. The van der Waals surface area contributed by atoms with Crippen LogP contribution in [0.4, 0.5) is 23.7 Å². The average molecular weight is 348 g/mol. The van der Waals surface area contributed by atoms with E-state index in [1.54, 1.807) is 4.90 Å². The van der Waals surface area contributed by atoms with Crippen LogP contribution in [-0.4, -0.2) is 36.1 Å². The van der Waals surface area contributed by atoms with Gasteiger partial charge >= 0.3 is 12.2 Å². The van der Waals surface area contributed by atoms with Crippen LogP contribution >= 0.6 is 11.6 Å². The number of carbonyl (C=O) groups is 1. The Morgan fingerprint density at radius 2 is 2.00 bits per heavy atom. The van der Waals surface area contributed by atoms with Gasteiger partial charge in [0.05, 0.1) is 10.6 Å². The second kappa shape index (κ2) is 6.20. The van der Waals surface area contributed by atoms with Crippen LogP contribution in [0.2, 0.25) is 5.02 Å². The number of anilines is 1. The molecular formula is C15H17ClF3N3O. The third-order valence-corrected chi connectivity index (χ3v) is 4.74. The number of urea groups is 1. The van der Waals surface area contributed by atoms with Gasteiger partial charge in [0.25, 0.3) is 0 Å². The van der Waals surface area contributed by atoms with E-state index in [1.807, 2.05) is 0 Å². The summed E-state index contributed by atoms with van der Waals surface area (Å²) in [5, 5.41) is 5.48. The number of nitrogens with one attached hydrogen (secondary N) is 2. The molecule has 0 unspecified atom stereocenters. The van der Waals surface area contributed by atoms with Gasteiger partial charge in [0.2, 0.25) is 0 Å². The van der Waals surface area contributed by atoms with E-state index in [0.717, 1.165) is 44.5 Å². The fourth-order valence-electron chi connectivity index (χ4n) is 3.32. The Hall–Kier alpha value is -1.47. The van der Waals surface area contributed by atoms with E-state index in [0.29, 0.717) is 0 Å². The molecule has 2 bridgehead atoms. The smallest absolute Gasteiger partial charge is 0.317 e. The van der Waals surface area contributed by atoms with E-state index in [4.69, 9.17) is 11.6 Å². The third kappa shape index (κ3) is 3.40. The Bertz CT molecular complexity index is 594. The van der Waals surface area contributed by atoms with Crippen molar-refractivity contribution in [3.63, 3.8) is 0 Å². The SMILES string of the molecule is O=C(Nc1ccc(Cl)c(C(F)(F)F)c1)N1[C@H]2CCNC[C@@H]1CC2. The number of nitrogens with zero attached hydrogens (tertiary/aromatic N) is 1. The minimum Gasteiger partial charge on any atom is -0.317 e. The monoisotopic (exact) mass is 347 g/mol. The summed E-state index contributed by atoms with van der Waals surface area (Å²) >= 11 is 5.59. The number of benzene rings is 1. The van der Waals surface area contributed by atoms with Crippen molar-refractivity contribution in [2.75, 3.05) is 18.4 Å². The fourth-order valence-corrected chi connectivity index (χ4v) is 3.55. The number of hydrogen-bond acceptors (Lipinski definition) is 2. The average Bonchev–Trinajstić information content (AvgIpc) is 2.73. The minimum atomic E-state index is -4.55. The van der Waals surface area contributed by atoms with E-state index in [9.17, 15) is 18.0 Å². The Morgan fingerprint density at radius 3 is 2.74 bits per heavy atom. The Kier molecular flexibility index (Phi) is 4.42. The van der Waals surface area contributed by atoms with Gasteiger partial charge in [-0.05, 0) is 44.0 Å². The lowest BCUT2D eigenvalue weighted by Crippen LogP contribution is -2.44. The Balaban J connectivity index is 1.78. The Labute approximate surface area is 137 Å². The summed E-state index contributed by atoms with van der Waals surface area (Å²) in [5.41, 5.74) is -0.846. The maximum Gasteiger partial charge on any atom is 0.417 e. The molecule has 2 fully saturated rings. The van der Waals surface area contributed by atoms with Crippen molar-refractivity contribution in [2.24, 2.45) is 0 Å². The summed E-state index contributed by atoms with van der Waals surface area (Å²) in [6.45, 7) is 1.57. The highest BCUT2D eigenvalue weighted by atomic mass is 35.5. The number of hydrogen-bond donors (Lipinski definition) is 2. The second-order valence-electron chi connectivity index (χ2n) is 5.91. The molecule has 2 aliphatic heterocycles. The minimum absolute atomic E-state index is 0.0943. The molecule has 0 aliphatic carbocycles. The molecule has 2 N–H and O–H groups in total. The fraction of sp³-hybridized carbons (Fsp3) is 0.533. The summed E-state index contributed by atoms with van der Waals surface area (Å²) in [5.74, 6) is 0. The summed E-state index contributed by atoms with van der Waals surface area (Å²) in [6, 6.07) is 3.29. The van der Waals surface area contributed by atoms with E-state index in [-0.39, 0.29) is 28.8 Å². The molecule has 2 saturated heterocycles. The van der Waals surface area contributed by atoms with Crippen molar-refractivity contribution in [1.82, 2.24) is 10.2 Å². The van der Waals surface area contributed by atoms with Crippen molar-refractivity contribution >= 4 is 23.3 Å². The standard InChI is InChI=1S/C15H17ClF3N3O/c16-13-4-1-9(7-12(13)15(17,18)19)21-14(23)22-10-2-3-11(22)8-20-6-5-10/h1,4,7,10-11,20H,2-3,5-6,8H2,(H,21,23)/t10-,11+/m1/s1. The molecule has 126 valence electrons. The molecule has 0 spiro atoms. The first-order chi connectivity index (χ1) is 10.9. The van der Waals surface area contributed by atoms with Crippen molar-refractivity contribution in [1.29, 1.82) is 0 Å². The van der Waals surface area contributed by atoms with Crippen LogP contribution in [0, 0.1) is 0 Å². The van der Waals surface area contributed by atoms with Crippen LogP contribution in [-0.2, 0) is 6.18 Å². The van der Waals surface area contributed by atoms with Gasteiger partial charge in [-0.2, -0.15) is 13.2 Å². The zero-order valence-electron chi connectivity index (χ0n) is 12.3. The van der Waals surface area contributed by atoms with Crippen LogP contribution in [0.5, 0.6) is 0 Å². The molecule has 1 aromatic carbocycles. The van der Waals surface area contributed by atoms with Gasteiger partial charge in [-0.1, -0.05) is 11.6 Å². The van der Waals surface area contributed by atoms with Gasteiger partial charge in [0.1, 0.15) is 0 Å². The highest BCUT2D eigenvalue weighted by Gasteiger charge is 2.38. The zero-order valence-corrected chi connectivity index (χ0v) is 13.0. The van der Waals surface area contributed by atoms with E-state index in [2.05, 4.69) is 10.6 Å². The van der Waals surface area contributed by atoms with Gasteiger partial charge in [-0.15, -0.1) is 0 Å². The Morgan fingerprint density at radius 1 is 1.26 bits per heavy atom. The van der Waals surface area contributed by atoms with Crippen LogP contribution in [0.1, 0.15) is 24.8 Å². The molecule has 4 nitrogen and oxygen atoms in total. The number of alkyl halides is 3. The van der Waals surface area contributed by atoms with Gasteiger partial charge in [-0.25, -0.2) is 4.79 Å². The molecule has 8 heteroatoms. The quantitative estimate of drug-likeness (QED) is 0.813. The van der Waals surface area contributed by atoms with Crippen LogP contribution < -0.4 is 10.6 Å². The highest BCUT2D eigenvalue weighted by Crippen LogP contribution is 2.36. The van der Waals surface area contributed by atoms with E-state index in [1.165, 1.54) is 6.07 Å². The lowest BCUT2D eigenvalue weighted by molar-refractivity contribution is -0.137. The zero-order chi connectivity index (χ0) is 16.6. The van der Waals surface area contributed by atoms with Crippen molar-refractivity contribution in [2.45, 2.75) is 37.5 Å². The van der Waals surface area contributed by atoms with Gasteiger partial charge in [-0.3, -0.25) is 0 Å². The maximum absolute atomic E-state index is 12.9. The van der Waals surface area contributed by atoms with Crippen molar-refractivity contribution < 1.29 is 18.0 Å². The molecule has 0 saturated carbocycles. The van der Waals surface area contributed by atoms with Crippen LogP contribution in [0.15, 0.2) is 18.2 Å². The topological polar surface area (TPSA) is 44.4 Å². The summed E-state index contributed by atoms with van der Waals surface area (Å²) < 4.78 is 38.7. The first-order valence-electron chi connectivity index (χ1n) is 7.53. The lowest BCUT2D eigenvalue weighted by atomic mass is 10.1. The summed E-state index contributed by atoms with van der Waals surface area (Å²) in [6.07, 6.45) is -1.84. The molecule has 1 aromatic rings. The van der Waals surface area contributed by atoms with Gasteiger partial charge in [0.15, 0.2) is 0 Å². The van der Waals surface area contributed by atoms with Crippen LogP contribution in [0.25, 0.3) is 0 Å². The number of halogens is 4. The molecule has 0 radical (unpaired) electrons. The van der Waals surface area contributed by atoms with E-state index >= 15 is 0 Å². The second-order valence-corrected chi connectivity index (χ2v) is 6.31. The molecule has 2 atom stereocenters. The number of fused-ring (bicyclic) bond motifs is 2. The predicted molar refractivity (Wildman–Crippen MR) is 81.6 cm³/mol. The van der Waals surface area contributed by atoms with Crippen molar-refractivity contribution in [3.05, 3.63) is 28.8 Å². The normalized spacial score (nSPS) is 24.4. The summed E-state index contributed by atoms with van der Waals surface area (Å²) in [4.78, 5) is 14.3. The largest absolute Gasteiger partial charge is 0.417 e. The predicted octanol–water partition coefficient (Wildman–Crippen LogP) is 3.72. The molecule has 23 heavy (non-hydrogen) atoms. The van der Waals surface area contributed by atoms with E-state index < -0.39 is 11.7 Å². The van der Waals surface area contributed by atoms with Gasteiger partial charge in [0, 0.05) is 24.3 Å². The maximum atomic E-state index is 12.9. The molecule has 0 aromatic heterocycles. The van der Waals surface area contributed by atoms with Crippen molar-refractivity contribution in [3.8, 4) is 0 Å². The van der Waals surface area contributed by atoms with Crippen LogP contribution in [0.3, 0.4) is 0 Å². The highest BCUT2D eigenvalue weighted by molar-refractivity contribution is 6.31. The molecule has 2 aliphatic rings. The summed E-state index contributed by atoms with van der Waals surface area (Å²) in [7, 11) is 0. The third-order valence-electron chi connectivity index (χ3n) is 4.41. The lowest BCUT2D eigenvalue weighted by Gasteiger charge is -2.28. The number of carbonyl (C=O) groups excluding carboxylic acids is 1. The molecule has 2 heterocycles. The molecule has 3 rings (SSSR count). The van der Waals surface area contributed by atoms with Gasteiger partial charge < -0.3 is 15.5 Å². The molecule has 2 amide bonds. The first kappa shape index (κ1) is 16.4. The molecular weight excluding hydrogens is 331 g/mol.